The average Bonchev–Trinajstić information content (AvgIpc) is 3.03. The Labute approximate surface area is 165 Å². The maximum absolute atomic E-state index is 2.57. The molecule has 0 aliphatic carbocycles. The molecule has 1 heterocycles. The molecule has 154 valence electrons. The molecule has 0 aromatic carbocycles. The highest BCUT2D eigenvalue weighted by molar-refractivity contribution is 4.99. The third kappa shape index (κ3) is 9.33. The summed E-state index contributed by atoms with van der Waals surface area (Å²) in [6.45, 7) is 12.8. The van der Waals surface area contributed by atoms with E-state index < -0.39 is 0 Å². The average molecular weight is 365 g/mol. The van der Waals surface area contributed by atoms with Crippen LogP contribution in [0.3, 0.4) is 0 Å². The molecule has 1 aliphatic heterocycles. The number of hydrogen-bond donors (Lipinski definition) is 0. The van der Waals surface area contributed by atoms with Crippen LogP contribution in [0.2, 0.25) is 0 Å². The summed E-state index contributed by atoms with van der Waals surface area (Å²) in [7, 11) is 0. The van der Waals surface area contributed by atoms with Crippen LogP contribution in [0.1, 0.15) is 118 Å². The molecule has 0 radical (unpaired) electrons. The molecular formula is C24H48N2. The zero-order chi connectivity index (χ0) is 19.2. The molecule has 0 aromatic rings. The van der Waals surface area contributed by atoms with Gasteiger partial charge in [0.1, 0.15) is 6.17 Å². The van der Waals surface area contributed by atoms with Gasteiger partial charge in [-0.15, -0.1) is 0 Å². The van der Waals surface area contributed by atoms with E-state index in [0.717, 1.165) is 0 Å². The lowest BCUT2D eigenvalue weighted by Crippen LogP contribution is -2.45. The second-order valence-corrected chi connectivity index (χ2v) is 8.98. The molecule has 26 heavy (non-hydrogen) atoms. The van der Waals surface area contributed by atoms with E-state index in [-0.39, 0.29) is 0 Å². The van der Waals surface area contributed by atoms with E-state index in [0.29, 0.717) is 18.1 Å². The van der Waals surface area contributed by atoms with Crippen LogP contribution in [0.5, 0.6) is 0 Å². The lowest BCUT2D eigenvalue weighted by molar-refractivity contribution is 0.0843. The minimum absolute atomic E-state index is 0.562. The molecule has 0 N–H and O–H groups in total. The molecule has 2 nitrogen and oxygen atoms in total. The number of unbranched alkanes of at least 4 members (excludes halogenated alkanes) is 12. The van der Waals surface area contributed by atoms with Gasteiger partial charge in [-0.05, 0) is 26.2 Å². The van der Waals surface area contributed by atoms with Crippen LogP contribution in [0, 0.1) is 5.92 Å². The topological polar surface area (TPSA) is 6.48 Å². The van der Waals surface area contributed by atoms with Crippen molar-refractivity contribution in [3.8, 4) is 0 Å². The second kappa shape index (κ2) is 14.4. The third-order valence-corrected chi connectivity index (χ3v) is 5.79. The Kier molecular flexibility index (Phi) is 13.0. The van der Waals surface area contributed by atoms with Crippen molar-refractivity contribution in [2.75, 3.05) is 6.54 Å². The van der Waals surface area contributed by atoms with E-state index in [9.17, 15) is 0 Å². The Balaban J connectivity index is 1.97. The van der Waals surface area contributed by atoms with Crippen LogP contribution in [-0.2, 0) is 0 Å². The summed E-state index contributed by atoms with van der Waals surface area (Å²) >= 11 is 0. The molecule has 0 aromatic heterocycles. The fraction of sp³-hybridized carbons (Fsp3) is 0.917. The third-order valence-electron chi connectivity index (χ3n) is 5.79. The van der Waals surface area contributed by atoms with Crippen LogP contribution in [0.15, 0.2) is 12.4 Å². The number of rotatable bonds is 16. The van der Waals surface area contributed by atoms with Crippen LogP contribution in [0.25, 0.3) is 0 Å². The molecular weight excluding hydrogens is 316 g/mol. The summed E-state index contributed by atoms with van der Waals surface area (Å²) in [4.78, 5) is 5.09. The SMILES string of the molecule is CCCCCCCCCCCCCCCN1C=CN(C(C)C)C1C(C)C. The van der Waals surface area contributed by atoms with E-state index >= 15 is 0 Å². The molecule has 0 fully saturated rings. The van der Waals surface area contributed by atoms with Crippen molar-refractivity contribution in [2.45, 2.75) is 130 Å². The fourth-order valence-corrected chi connectivity index (χ4v) is 4.23. The number of nitrogens with zero attached hydrogens (tertiary/aromatic N) is 2. The van der Waals surface area contributed by atoms with Gasteiger partial charge in [0.25, 0.3) is 0 Å². The van der Waals surface area contributed by atoms with Crippen molar-refractivity contribution in [3.63, 3.8) is 0 Å². The van der Waals surface area contributed by atoms with E-state index in [1.165, 1.54) is 90.0 Å². The normalized spacial score (nSPS) is 17.3. The van der Waals surface area contributed by atoms with Gasteiger partial charge >= 0.3 is 0 Å². The Hall–Kier alpha value is -0.660. The van der Waals surface area contributed by atoms with Crippen molar-refractivity contribution in [2.24, 2.45) is 5.92 Å². The van der Waals surface area contributed by atoms with Crippen molar-refractivity contribution in [3.05, 3.63) is 12.4 Å². The molecule has 1 rings (SSSR count). The monoisotopic (exact) mass is 364 g/mol. The molecule has 0 spiro atoms. The maximum Gasteiger partial charge on any atom is 0.103 e. The van der Waals surface area contributed by atoms with E-state index in [2.05, 4.69) is 56.8 Å². The van der Waals surface area contributed by atoms with E-state index in [4.69, 9.17) is 0 Å². The standard InChI is InChI=1S/C24H48N2/c1-6-7-8-9-10-11-12-13-14-15-16-17-18-19-25-20-21-26(23(4)5)24(25)22(2)3/h20-24H,6-19H2,1-5H3. The van der Waals surface area contributed by atoms with Crippen molar-refractivity contribution < 1.29 is 0 Å². The molecule has 1 atom stereocenters. The Morgan fingerprint density at radius 3 is 1.54 bits per heavy atom. The summed E-state index contributed by atoms with van der Waals surface area (Å²) < 4.78 is 0. The highest BCUT2D eigenvalue weighted by Gasteiger charge is 2.29. The lowest BCUT2D eigenvalue weighted by Gasteiger charge is -2.38. The lowest BCUT2D eigenvalue weighted by atomic mass is 10.0. The van der Waals surface area contributed by atoms with Gasteiger partial charge in [-0.25, -0.2) is 0 Å². The predicted octanol–water partition coefficient (Wildman–Crippen LogP) is 7.56. The highest BCUT2D eigenvalue weighted by atomic mass is 15.4. The molecule has 0 saturated carbocycles. The molecule has 1 unspecified atom stereocenters. The molecule has 2 heteroatoms. The first-order valence-electron chi connectivity index (χ1n) is 11.8. The van der Waals surface area contributed by atoms with Crippen molar-refractivity contribution >= 4 is 0 Å². The summed E-state index contributed by atoms with van der Waals surface area (Å²) in [5, 5.41) is 0. The molecule has 1 aliphatic rings. The minimum atomic E-state index is 0.562. The predicted molar refractivity (Wildman–Crippen MR) is 117 cm³/mol. The van der Waals surface area contributed by atoms with Crippen molar-refractivity contribution in [1.29, 1.82) is 0 Å². The Bertz CT molecular complexity index is 348. The summed E-state index contributed by atoms with van der Waals surface area (Å²) in [6, 6.07) is 0.593. The van der Waals surface area contributed by atoms with Gasteiger partial charge in [0.05, 0.1) is 0 Å². The zero-order valence-electron chi connectivity index (χ0n) is 18.7. The smallest absolute Gasteiger partial charge is 0.103 e. The second-order valence-electron chi connectivity index (χ2n) is 8.98. The van der Waals surface area contributed by atoms with Gasteiger partial charge in [-0.3, -0.25) is 0 Å². The van der Waals surface area contributed by atoms with Gasteiger partial charge < -0.3 is 9.80 Å². The maximum atomic E-state index is 2.57. The number of hydrogen-bond acceptors (Lipinski definition) is 2. The molecule has 0 saturated heterocycles. The molecule has 0 amide bonds. The van der Waals surface area contributed by atoms with E-state index in [1.54, 1.807) is 0 Å². The zero-order valence-corrected chi connectivity index (χ0v) is 18.7. The van der Waals surface area contributed by atoms with Gasteiger partial charge in [0.15, 0.2) is 0 Å². The quantitative estimate of drug-likeness (QED) is 0.261. The Morgan fingerprint density at radius 1 is 0.654 bits per heavy atom. The van der Waals surface area contributed by atoms with E-state index in [1.807, 2.05) is 0 Å². The summed E-state index contributed by atoms with van der Waals surface area (Å²) in [6.07, 6.45) is 23.8. The summed E-state index contributed by atoms with van der Waals surface area (Å²) in [5.41, 5.74) is 0. The first-order valence-corrected chi connectivity index (χ1v) is 11.8. The van der Waals surface area contributed by atoms with Crippen LogP contribution in [-0.4, -0.2) is 28.6 Å². The Morgan fingerprint density at radius 2 is 1.12 bits per heavy atom. The fourth-order valence-electron chi connectivity index (χ4n) is 4.23. The first kappa shape index (κ1) is 23.4. The van der Waals surface area contributed by atoms with Gasteiger partial charge in [-0.2, -0.15) is 0 Å². The summed E-state index contributed by atoms with van der Waals surface area (Å²) in [5.74, 6) is 0.675. The van der Waals surface area contributed by atoms with Gasteiger partial charge in [0.2, 0.25) is 0 Å². The largest absolute Gasteiger partial charge is 0.356 e. The molecule has 0 bridgehead atoms. The van der Waals surface area contributed by atoms with Gasteiger partial charge in [0, 0.05) is 25.0 Å². The first-order chi connectivity index (χ1) is 12.6. The van der Waals surface area contributed by atoms with Crippen molar-refractivity contribution in [1.82, 2.24) is 9.80 Å². The highest BCUT2D eigenvalue weighted by Crippen LogP contribution is 2.25. The minimum Gasteiger partial charge on any atom is -0.356 e. The van der Waals surface area contributed by atoms with Crippen LogP contribution >= 0.6 is 0 Å². The van der Waals surface area contributed by atoms with Crippen LogP contribution in [0.4, 0.5) is 0 Å². The van der Waals surface area contributed by atoms with Crippen LogP contribution < -0.4 is 0 Å². The van der Waals surface area contributed by atoms with Gasteiger partial charge in [-0.1, -0.05) is 97.8 Å².